The van der Waals surface area contributed by atoms with Crippen molar-refractivity contribution in [2.45, 2.75) is 12.6 Å². The first-order valence-corrected chi connectivity index (χ1v) is 6.75. The number of anilines is 1. The Kier molecular flexibility index (Phi) is 4.52. The Morgan fingerprint density at radius 1 is 1.32 bits per heavy atom. The van der Waals surface area contributed by atoms with E-state index in [-0.39, 0.29) is 5.69 Å². The van der Waals surface area contributed by atoms with Crippen molar-refractivity contribution in [3.05, 3.63) is 39.9 Å². The Morgan fingerprint density at radius 2 is 2.11 bits per heavy atom. The van der Waals surface area contributed by atoms with Crippen molar-refractivity contribution in [3.63, 3.8) is 0 Å². The van der Waals surface area contributed by atoms with Crippen LogP contribution in [0.15, 0.2) is 34.3 Å². The fourth-order valence-corrected chi connectivity index (χ4v) is 2.31. The molecule has 0 aliphatic carbocycles. The van der Waals surface area contributed by atoms with E-state index >= 15 is 0 Å². The Morgan fingerprint density at radius 3 is 2.74 bits per heavy atom. The fraction of sp³-hybridized carbons (Fsp3) is 0.385. The molecule has 0 spiro atoms. The van der Waals surface area contributed by atoms with Gasteiger partial charge in [0.05, 0.1) is 5.56 Å². The van der Waals surface area contributed by atoms with Crippen LogP contribution in [0.2, 0.25) is 0 Å². The molecule has 0 saturated carbocycles. The minimum absolute atomic E-state index is 0.120. The number of alkyl halides is 3. The number of halogens is 4. The minimum Gasteiger partial charge on any atom is -0.381 e. The maximum Gasteiger partial charge on any atom is 0.418 e. The van der Waals surface area contributed by atoms with Gasteiger partial charge >= 0.3 is 6.18 Å². The van der Waals surface area contributed by atoms with Crippen molar-refractivity contribution in [2.75, 3.05) is 25.0 Å². The Balaban J connectivity index is 2.13. The smallest absolute Gasteiger partial charge is 0.381 e. The molecule has 2 nitrogen and oxygen atoms in total. The van der Waals surface area contributed by atoms with Crippen molar-refractivity contribution in [2.24, 2.45) is 0 Å². The number of nitrogens with one attached hydrogen (secondary N) is 2. The quantitative estimate of drug-likeness (QED) is 0.821. The molecule has 0 aromatic heterocycles. The highest BCUT2D eigenvalue weighted by atomic mass is 79.9. The summed E-state index contributed by atoms with van der Waals surface area (Å²) in [5.41, 5.74) is 0.612. The van der Waals surface area contributed by atoms with Crippen LogP contribution in [0, 0.1) is 0 Å². The normalized spacial score (nSPS) is 16.1. The van der Waals surface area contributed by atoms with E-state index in [2.05, 4.69) is 26.6 Å². The molecule has 1 heterocycles. The van der Waals surface area contributed by atoms with E-state index in [4.69, 9.17) is 0 Å². The molecule has 0 atom stereocenters. The SMILES string of the molecule is FC(F)(F)c1cc(Br)ccc1NCC1=CCNCC1. The molecule has 19 heavy (non-hydrogen) atoms. The second kappa shape index (κ2) is 5.96. The molecule has 0 saturated heterocycles. The van der Waals surface area contributed by atoms with Crippen LogP contribution in [0.25, 0.3) is 0 Å². The number of hydrogen-bond donors (Lipinski definition) is 2. The van der Waals surface area contributed by atoms with Gasteiger partial charge in [0.25, 0.3) is 0 Å². The first-order valence-electron chi connectivity index (χ1n) is 5.96. The summed E-state index contributed by atoms with van der Waals surface area (Å²) in [7, 11) is 0. The van der Waals surface area contributed by atoms with Crippen molar-refractivity contribution in [1.82, 2.24) is 5.32 Å². The largest absolute Gasteiger partial charge is 0.418 e. The van der Waals surface area contributed by atoms with Gasteiger partial charge < -0.3 is 10.6 Å². The predicted molar refractivity (Wildman–Crippen MR) is 73.2 cm³/mol. The maximum absolute atomic E-state index is 12.9. The monoisotopic (exact) mass is 334 g/mol. The van der Waals surface area contributed by atoms with E-state index in [0.717, 1.165) is 31.1 Å². The Bertz CT molecular complexity index is 483. The van der Waals surface area contributed by atoms with Crippen LogP contribution in [0.1, 0.15) is 12.0 Å². The van der Waals surface area contributed by atoms with Crippen molar-refractivity contribution < 1.29 is 13.2 Å². The minimum atomic E-state index is -4.35. The summed E-state index contributed by atoms with van der Waals surface area (Å²) in [5.74, 6) is 0. The van der Waals surface area contributed by atoms with Gasteiger partial charge in [-0.25, -0.2) is 0 Å². The lowest BCUT2D eigenvalue weighted by atomic mass is 10.1. The fourth-order valence-electron chi connectivity index (χ4n) is 1.94. The summed E-state index contributed by atoms with van der Waals surface area (Å²) in [6, 6.07) is 4.15. The summed E-state index contributed by atoms with van der Waals surface area (Å²) >= 11 is 3.07. The number of rotatable bonds is 3. The molecule has 0 bridgehead atoms. The summed E-state index contributed by atoms with van der Waals surface area (Å²) < 4.78 is 39.1. The zero-order valence-electron chi connectivity index (χ0n) is 10.1. The molecule has 0 unspecified atom stereocenters. The third-order valence-corrected chi connectivity index (χ3v) is 3.44. The van der Waals surface area contributed by atoms with E-state index in [1.54, 1.807) is 6.07 Å². The second-order valence-corrected chi connectivity index (χ2v) is 5.27. The van der Waals surface area contributed by atoms with E-state index < -0.39 is 11.7 Å². The molecule has 2 rings (SSSR count). The maximum atomic E-state index is 12.9. The summed E-state index contributed by atoms with van der Waals surface area (Å²) in [5, 5.41) is 6.05. The van der Waals surface area contributed by atoms with Crippen molar-refractivity contribution >= 4 is 21.6 Å². The number of benzene rings is 1. The van der Waals surface area contributed by atoms with E-state index in [9.17, 15) is 13.2 Å². The van der Waals surface area contributed by atoms with Crippen LogP contribution in [0.5, 0.6) is 0 Å². The van der Waals surface area contributed by atoms with Gasteiger partial charge in [0, 0.05) is 23.2 Å². The summed E-state index contributed by atoms with van der Waals surface area (Å²) in [4.78, 5) is 0. The van der Waals surface area contributed by atoms with Crippen molar-refractivity contribution in [1.29, 1.82) is 0 Å². The van der Waals surface area contributed by atoms with Crippen molar-refractivity contribution in [3.8, 4) is 0 Å². The molecule has 0 amide bonds. The standard InChI is InChI=1S/C13H14BrF3N2/c14-10-1-2-12(11(7-10)13(15,16)17)19-8-9-3-5-18-6-4-9/h1-3,7,18-19H,4-6,8H2. The third-order valence-electron chi connectivity index (χ3n) is 2.95. The lowest BCUT2D eigenvalue weighted by Crippen LogP contribution is -2.23. The van der Waals surface area contributed by atoms with Gasteiger partial charge in [-0.2, -0.15) is 13.2 Å². The van der Waals surface area contributed by atoms with Crippen LogP contribution in [0.4, 0.5) is 18.9 Å². The highest BCUT2D eigenvalue weighted by molar-refractivity contribution is 9.10. The molecule has 104 valence electrons. The highest BCUT2D eigenvalue weighted by Gasteiger charge is 2.33. The average Bonchev–Trinajstić information content (AvgIpc) is 2.37. The first kappa shape index (κ1) is 14.4. The summed E-state index contributed by atoms with van der Waals surface area (Å²) in [6.07, 6.45) is -1.47. The Hall–Kier alpha value is -1.01. The molecule has 2 N–H and O–H groups in total. The average molecular weight is 335 g/mol. The van der Waals surface area contributed by atoms with Gasteiger partial charge in [0.15, 0.2) is 0 Å². The second-order valence-electron chi connectivity index (χ2n) is 4.36. The molecule has 0 radical (unpaired) electrons. The van der Waals surface area contributed by atoms with Gasteiger partial charge in [0.1, 0.15) is 0 Å². The van der Waals surface area contributed by atoms with Crippen LogP contribution in [-0.2, 0) is 6.18 Å². The zero-order valence-corrected chi connectivity index (χ0v) is 11.7. The van der Waals surface area contributed by atoms with Crippen LogP contribution in [-0.4, -0.2) is 19.6 Å². The zero-order chi connectivity index (χ0) is 13.9. The van der Waals surface area contributed by atoms with Gasteiger partial charge in [-0.15, -0.1) is 0 Å². The molecule has 1 aliphatic heterocycles. The van der Waals surface area contributed by atoms with E-state index in [0.29, 0.717) is 11.0 Å². The third kappa shape index (κ3) is 3.98. The van der Waals surface area contributed by atoms with Crippen LogP contribution in [0.3, 0.4) is 0 Å². The topological polar surface area (TPSA) is 24.1 Å². The lowest BCUT2D eigenvalue weighted by Gasteiger charge is -2.18. The molecular weight excluding hydrogens is 321 g/mol. The highest BCUT2D eigenvalue weighted by Crippen LogP contribution is 2.36. The van der Waals surface area contributed by atoms with E-state index in [1.807, 2.05) is 6.08 Å². The van der Waals surface area contributed by atoms with Gasteiger partial charge in [-0.1, -0.05) is 27.6 Å². The molecular formula is C13H14BrF3N2. The molecule has 0 fully saturated rings. The van der Waals surface area contributed by atoms with Gasteiger partial charge in [0.2, 0.25) is 0 Å². The Labute approximate surface area is 118 Å². The van der Waals surface area contributed by atoms with Crippen LogP contribution < -0.4 is 10.6 Å². The molecule has 1 aliphatic rings. The van der Waals surface area contributed by atoms with Gasteiger partial charge in [-0.3, -0.25) is 0 Å². The summed E-state index contributed by atoms with van der Waals surface area (Å²) in [6.45, 7) is 2.11. The molecule has 1 aromatic carbocycles. The molecule has 6 heteroatoms. The van der Waals surface area contributed by atoms with Crippen LogP contribution >= 0.6 is 15.9 Å². The first-order chi connectivity index (χ1) is 8.97. The number of hydrogen-bond acceptors (Lipinski definition) is 2. The van der Waals surface area contributed by atoms with Gasteiger partial charge in [-0.05, 0) is 31.2 Å². The lowest BCUT2D eigenvalue weighted by molar-refractivity contribution is -0.137. The predicted octanol–water partition coefficient (Wildman–Crippen LogP) is 3.80. The molecule has 1 aromatic rings. The van der Waals surface area contributed by atoms with E-state index in [1.165, 1.54) is 6.07 Å².